The summed E-state index contributed by atoms with van der Waals surface area (Å²) in [7, 11) is 1.65. The fourth-order valence-corrected chi connectivity index (χ4v) is 4.19. The predicted molar refractivity (Wildman–Crippen MR) is 125 cm³/mol. The molecule has 0 amide bonds. The molecule has 1 aromatic heterocycles. The lowest BCUT2D eigenvalue weighted by Gasteiger charge is -2.12. The molecule has 0 bridgehead atoms. The molecule has 0 spiro atoms. The molecule has 0 saturated heterocycles. The standard InChI is InChI=1S/C26H28O3S/c1-17(2)21-8-10-23(11-9-21)29-16-22-15-20(7-13-26(22)28-5)6-12-25(27)24-14-18(3)30-19(24)4/h6-15,17H,16H2,1-5H3/b12-6+. The average Bonchev–Trinajstić information content (AvgIpc) is 3.08. The molecule has 3 aromatic rings. The first-order valence-corrected chi connectivity index (χ1v) is 10.9. The van der Waals surface area contributed by atoms with Crippen molar-refractivity contribution in [2.45, 2.75) is 40.2 Å². The van der Waals surface area contributed by atoms with Crippen molar-refractivity contribution < 1.29 is 14.3 Å². The molecule has 0 aliphatic rings. The van der Waals surface area contributed by atoms with Gasteiger partial charge in [-0.2, -0.15) is 0 Å². The highest BCUT2D eigenvalue weighted by atomic mass is 32.1. The number of hydrogen-bond acceptors (Lipinski definition) is 4. The molecule has 0 saturated carbocycles. The van der Waals surface area contributed by atoms with Gasteiger partial charge in [0.2, 0.25) is 0 Å². The van der Waals surface area contributed by atoms with Crippen LogP contribution in [-0.2, 0) is 6.61 Å². The topological polar surface area (TPSA) is 35.5 Å². The lowest BCUT2D eigenvalue weighted by molar-refractivity contribution is 0.104. The molecule has 0 N–H and O–H groups in total. The van der Waals surface area contributed by atoms with Crippen molar-refractivity contribution in [3.8, 4) is 11.5 Å². The molecule has 0 fully saturated rings. The molecular formula is C26H28O3S. The van der Waals surface area contributed by atoms with Gasteiger partial charge in [0.25, 0.3) is 0 Å². The quantitative estimate of drug-likeness (QED) is 0.291. The molecule has 0 radical (unpaired) electrons. The molecule has 0 atom stereocenters. The Bertz CT molecular complexity index is 1040. The Kier molecular flexibility index (Phi) is 7.11. The number of benzene rings is 2. The van der Waals surface area contributed by atoms with E-state index in [0.717, 1.165) is 37.9 Å². The second-order valence-corrected chi connectivity index (χ2v) is 9.07. The van der Waals surface area contributed by atoms with Crippen LogP contribution in [0.3, 0.4) is 0 Å². The maximum absolute atomic E-state index is 12.5. The lowest BCUT2D eigenvalue weighted by atomic mass is 10.0. The van der Waals surface area contributed by atoms with Gasteiger partial charge in [-0.15, -0.1) is 11.3 Å². The van der Waals surface area contributed by atoms with Crippen LogP contribution in [0.15, 0.2) is 54.6 Å². The highest BCUT2D eigenvalue weighted by Gasteiger charge is 2.10. The van der Waals surface area contributed by atoms with E-state index in [0.29, 0.717) is 12.5 Å². The Hall–Kier alpha value is -2.85. The summed E-state index contributed by atoms with van der Waals surface area (Å²) < 4.78 is 11.5. The fraction of sp³-hybridized carbons (Fsp3) is 0.269. The third-order valence-corrected chi connectivity index (χ3v) is 5.95. The van der Waals surface area contributed by atoms with Gasteiger partial charge in [0.15, 0.2) is 5.78 Å². The molecule has 2 aromatic carbocycles. The molecular weight excluding hydrogens is 392 g/mol. The van der Waals surface area contributed by atoms with E-state index in [1.807, 2.05) is 56.3 Å². The maximum Gasteiger partial charge on any atom is 0.186 e. The first-order chi connectivity index (χ1) is 14.4. The third-order valence-electron chi connectivity index (χ3n) is 4.98. The smallest absolute Gasteiger partial charge is 0.186 e. The number of carbonyl (C=O) groups excluding carboxylic acids is 1. The lowest BCUT2D eigenvalue weighted by Crippen LogP contribution is -2.00. The first-order valence-electron chi connectivity index (χ1n) is 10.1. The molecule has 3 rings (SSSR count). The van der Waals surface area contributed by atoms with E-state index in [1.165, 1.54) is 5.56 Å². The Labute approximate surface area is 183 Å². The number of thiophene rings is 1. The predicted octanol–water partition coefficient (Wildman–Crippen LogP) is 6.97. The van der Waals surface area contributed by atoms with Crippen molar-refractivity contribution >= 4 is 23.2 Å². The van der Waals surface area contributed by atoms with Gasteiger partial charge in [-0.25, -0.2) is 0 Å². The second-order valence-electron chi connectivity index (χ2n) is 7.61. The molecule has 1 heterocycles. The van der Waals surface area contributed by atoms with Crippen LogP contribution in [0.25, 0.3) is 6.08 Å². The van der Waals surface area contributed by atoms with Gasteiger partial charge in [-0.3, -0.25) is 4.79 Å². The van der Waals surface area contributed by atoms with Crippen LogP contribution in [0.4, 0.5) is 0 Å². The van der Waals surface area contributed by atoms with Crippen molar-refractivity contribution in [1.29, 1.82) is 0 Å². The fourth-order valence-electron chi connectivity index (χ4n) is 3.26. The zero-order chi connectivity index (χ0) is 21.7. The van der Waals surface area contributed by atoms with Crippen LogP contribution >= 0.6 is 11.3 Å². The van der Waals surface area contributed by atoms with E-state index in [2.05, 4.69) is 26.0 Å². The maximum atomic E-state index is 12.5. The average molecular weight is 421 g/mol. The van der Waals surface area contributed by atoms with Gasteiger partial charge in [-0.05, 0) is 67.3 Å². The van der Waals surface area contributed by atoms with Gasteiger partial charge in [0.05, 0.1) is 7.11 Å². The van der Waals surface area contributed by atoms with Gasteiger partial charge in [-0.1, -0.05) is 38.1 Å². The number of ether oxygens (including phenoxy) is 2. The summed E-state index contributed by atoms with van der Waals surface area (Å²) in [5.74, 6) is 2.10. The zero-order valence-corrected chi connectivity index (χ0v) is 19.0. The van der Waals surface area contributed by atoms with E-state index in [1.54, 1.807) is 24.5 Å². The van der Waals surface area contributed by atoms with Crippen molar-refractivity contribution in [2.24, 2.45) is 0 Å². The van der Waals surface area contributed by atoms with Crippen LogP contribution in [0.1, 0.15) is 56.6 Å². The summed E-state index contributed by atoms with van der Waals surface area (Å²) in [6, 6.07) is 16.0. The van der Waals surface area contributed by atoms with Crippen molar-refractivity contribution in [2.75, 3.05) is 7.11 Å². The highest BCUT2D eigenvalue weighted by Crippen LogP contribution is 2.25. The molecule has 156 valence electrons. The third kappa shape index (κ3) is 5.39. The number of hydrogen-bond donors (Lipinski definition) is 0. The summed E-state index contributed by atoms with van der Waals surface area (Å²) in [6.45, 7) is 8.74. The minimum absolute atomic E-state index is 0.0238. The van der Waals surface area contributed by atoms with Crippen molar-refractivity contribution in [1.82, 2.24) is 0 Å². The van der Waals surface area contributed by atoms with Crippen LogP contribution in [0.5, 0.6) is 11.5 Å². The van der Waals surface area contributed by atoms with E-state index in [-0.39, 0.29) is 5.78 Å². The molecule has 0 unspecified atom stereocenters. The summed E-state index contributed by atoms with van der Waals surface area (Å²) in [5.41, 5.74) is 3.92. The van der Waals surface area contributed by atoms with Crippen LogP contribution in [-0.4, -0.2) is 12.9 Å². The van der Waals surface area contributed by atoms with Crippen LogP contribution in [0.2, 0.25) is 0 Å². The summed E-state index contributed by atoms with van der Waals surface area (Å²) in [6.07, 6.45) is 3.47. The van der Waals surface area contributed by atoms with Gasteiger partial charge in [0, 0.05) is 20.9 Å². The van der Waals surface area contributed by atoms with Gasteiger partial charge < -0.3 is 9.47 Å². The molecule has 0 aliphatic carbocycles. The molecule has 30 heavy (non-hydrogen) atoms. The van der Waals surface area contributed by atoms with Gasteiger partial charge >= 0.3 is 0 Å². The number of allylic oxidation sites excluding steroid dienone is 1. The molecule has 0 aliphatic heterocycles. The molecule has 3 nitrogen and oxygen atoms in total. The van der Waals surface area contributed by atoms with Gasteiger partial charge in [0.1, 0.15) is 18.1 Å². The zero-order valence-electron chi connectivity index (χ0n) is 18.2. The normalized spacial score (nSPS) is 11.3. The summed E-state index contributed by atoms with van der Waals surface area (Å²) in [4.78, 5) is 14.7. The Morgan fingerprint density at radius 1 is 1.07 bits per heavy atom. The number of ketones is 1. The number of methoxy groups -OCH3 is 1. The van der Waals surface area contributed by atoms with Crippen molar-refractivity contribution in [3.63, 3.8) is 0 Å². The van der Waals surface area contributed by atoms with E-state index < -0.39 is 0 Å². The molecule has 4 heteroatoms. The number of rotatable bonds is 8. The monoisotopic (exact) mass is 420 g/mol. The Morgan fingerprint density at radius 3 is 2.40 bits per heavy atom. The number of aryl methyl sites for hydroxylation is 2. The minimum atomic E-state index is 0.0238. The first kappa shape index (κ1) is 21.8. The Morgan fingerprint density at radius 2 is 1.80 bits per heavy atom. The Balaban J connectivity index is 1.73. The highest BCUT2D eigenvalue weighted by molar-refractivity contribution is 7.12. The SMILES string of the molecule is COc1ccc(/C=C/C(=O)c2cc(C)sc2C)cc1COc1ccc(C(C)C)cc1. The minimum Gasteiger partial charge on any atom is -0.496 e. The van der Waals surface area contributed by atoms with Crippen molar-refractivity contribution in [3.05, 3.63) is 86.6 Å². The summed E-state index contributed by atoms with van der Waals surface area (Å²) >= 11 is 1.65. The second kappa shape index (κ2) is 9.77. The van der Waals surface area contributed by atoms with E-state index in [4.69, 9.17) is 9.47 Å². The van der Waals surface area contributed by atoms with Crippen LogP contribution in [0, 0.1) is 13.8 Å². The largest absolute Gasteiger partial charge is 0.496 e. The summed E-state index contributed by atoms with van der Waals surface area (Å²) in [5, 5.41) is 0. The van der Waals surface area contributed by atoms with E-state index >= 15 is 0 Å². The number of carbonyl (C=O) groups is 1. The van der Waals surface area contributed by atoms with Crippen LogP contribution < -0.4 is 9.47 Å². The van der Waals surface area contributed by atoms with E-state index in [9.17, 15) is 4.79 Å².